The lowest BCUT2D eigenvalue weighted by Gasteiger charge is -1.90. The Bertz CT molecular complexity index is 391. The van der Waals surface area contributed by atoms with Gasteiger partial charge in [0.25, 0.3) is 0 Å². The molecule has 0 amide bonds. The van der Waals surface area contributed by atoms with Crippen LogP contribution in [0.2, 0.25) is 0 Å². The van der Waals surface area contributed by atoms with Crippen molar-refractivity contribution in [3.05, 3.63) is 65.2 Å². The molecule has 0 aliphatic heterocycles. The molecule has 2 rings (SSSR count). The van der Waals surface area contributed by atoms with E-state index in [2.05, 4.69) is 38.1 Å². The Balaban J connectivity index is 0.000000160. The molecule has 0 spiro atoms. The molecule has 0 saturated heterocycles. The Hall–Kier alpha value is -1.76. The number of hydrogen-bond donors (Lipinski definition) is 1. The largest absolute Gasteiger partial charge is 0.508 e. The van der Waals surface area contributed by atoms with Crippen molar-refractivity contribution in [1.29, 1.82) is 0 Å². The zero-order chi connectivity index (χ0) is 12.0. The van der Waals surface area contributed by atoms with Crippen LogP contribution < -0.4 is 0 Å². The molecule has 0 saturated carbocycles. The van der Waals surface area contributed by atoms with Gasteiger partial charge in [-0.25, -0.2) is 0 Å². The summed E-state index contributed by atoms with van der Waals surface area (Å²) in [7, 11) is 0. The number of phenolic OH excluding ortho intramolecular Hbond substituents is 1. The summed E-state index contributed by atoms with van der Waals surface area (Å²) in [5.41, 5.74) is 3.75. The van der Waals surface area contributed by atoms with Gasteiger partial charge in [-0.2, -0.15) is 0 Å². The van der Waals surface area contributed by atoms with Crippen molar-refractivity contribution in [3.63, 3.8) is 0 Å². The quantitative estimate of drug-likeness (QED) is 0.702. The highest BCUT2D eigenvalue weighted by molar-refractivity contribution is 5.25. The van der Waals surface area contributed by atoms with E-state index in [0.717, 1.165) is 5.56 Å². The minimum Gasteiger partial charge on any atom is -0.508 e. The van der Waals surface area contributed by atoms with Gasteiger partial charge in [-0.05, 0) is 38.5 Å². The van der Waals surface area contributed by atoms with Crippen LogP contribution in [0.1, 0.15) is 16.7 Å². The number of aromatic hydroxyl groups is 1. The lowest BCUT2D eigenvalue weighted by atomic mass is 10.2. The lowest BCUT2D eigenvalue weighted by molar-refractivity contribution is 0.475. The van der Waals surface area contributed by atoms with Crippen LogP contribution in [0.15, 0.2) is 48.5 Å². The summed E-state index contributed by atoms with van der Waals surface area (Å²) in [6.45, 7) is 6.14. The molecule has 0 atom stereocenters. The van der Waals surface area contributed by atoms with Crippen LogP contribution in [-0.2, 0) is 0 Å². The van der Waals surface area contributed by atoms with Crippen LogP contribution in [0.3, 0.4) is 0 Å². The lowest BCUT2D eigenvalue weighted by Crippen LogP contribution is -1.70. The van der Waals surface area contributed by atoms with E-state index in [9.17, 15) is 0 Å². The first-order valence-electron chi connectivity index (χ1n) is 5.37. The summed E-state index contributed by atoms with van der Waals surface area (Å²) in [5, 5.41) is 8.81. The van der Waals surface area contributed by atoms with E-state index in [0.29, 0.717) is 5.75 Å². The molecule has 0 aliphatic carbocycles. The number of phenols is 1. The molecule has 16 heavy (non-hydrogen) atoms. The Kier molecular flexibility index (Phi) is 4.59. The van der Waals surface area contributed by atoms with E-state index in [1.807, 2.05) is 19.1 Å². The third-order valence-corrected chi connectivity index (χ3v) is 2.22. The summed E-state index contributed by atoms with van der Waals surface area (Å²) in [5.74, 6) is 0.338. The number of hydrogen-bond acceptors (Lipinski definition) is 1. The second-order valence-electron chi connectivity index (χ2n) is 3.99. The normalized spacial score (nSPS) is 9.19. The molecular weight excluding hydrogens is 196 g/mol. The molecule has 1 heteroatoms. The van der Waals surface area contributed by atoms with Crippen molar-refractivity contribution in [2.75, 3.05) is 0 Å². The van der Waals surface area contributed by atoms with Gasteiger partial charge in [-0.15, -0.1) is 0 Å². The average molecular weight is 214 g/mol. The summed E-state index contributed by atoms with van der Waals surface area (Å²) in [6, 6.07) is 15.6. The van der Waals surface area contributed by atoms with Gasteiger partial charge in [0.2, 0.25) is 0 Å². The van der Waals surface area contributed by atoms with Crippen molar-refractivity contribution in [2.24, 2.45) is 0 Å². The maximum Gasteiger partial charge on any atom is 0.115 e. The highest BCUT2D eigenvalue weighted by Gasteiger charge is 1.83. The van der Waals surface area contributed by atoms with E-state index in [1.54, 1.807) is 12.1 Å². The van der Waals surface area contributed by atoms with Gasteiger partial charge >= 0.3 is 0 Å². The van der Waals surface area contributed by atoms with Crippen LogP contribution in [0.5, 0.6) is 5.75 Å². The molecule has 0 radical (unpaired) electrons. The highest BCUT2D eigenvalue weighted by Crippen LogP contribution is 2.08. The van der Waals surface area contributed by atoms with E-state index in [4.69, 9.17) is 5.11 Å². The molecule has 2 aromatic rings. The first kappa shape index (κ1) is 12.3. The fraction of sp³-hybridized carbons (Fsp3) is 0.200. The van der Waals surface area contributed by atoms with Crippen molar-refractivity contribution in [2.45, 2.75) is 20.8 Å². The molecule has 0 fully saturated rings. The van der Waals surface area contributed by atoms with Crippen LogP contribution in [0.25, 0.3) is 0 Å². The van der Waals surface area contributed by atoms with Crippen molar-refractivity contribution in [1.82, 2.24) is 0 Å². The molecule has 0 aliphatic rings. The Labute approximate surface area is 97.4 Å². The molecule has 1 N–H and O–H groups in total. The fourth-order valence-electron chi connectivity index (χ4n) is 1.26. The van der Waals surface area contributed by atoms with Gasteiger partial charge in [-0.1, -0.05) is 47.5 Å². The topological polar surface area (TPSA) is 20.2 Å². The summed E-state index contributed by atoms with van der Waals surface area (Å²) in [6.07, 6.45) is 0. The molecular formula is C15H18O. The summed E-state index contributed by atoms with van der Waals surface area (Å²) >= 11 is 0. The Morgan fingerprint density at radius 1 is 0.688 bits per heavy atom. The number of benzene rings is 2. The maximum atomic E-state index is 8.81. The smallest absolute Gasteiger partial charge is 0.115 e. The fourth-order valence-corrected chi connectivity index (χ4v) is 1.26. The number of rotatable bonds is 0. The molecule has 0 bridgehead atoms. The average Bonchev–Trinajstić information content (AvgIpc) is 2.23. The second kappa shape index (κ2) is 5.96. The van der Waals surface area contributed by atoms with E-state index < -0.39 is 0 Å². The van der Waals surface area contributed by atoms with E-state index in [-0.39, 0.29) is 0 Å². The van der Waals surface area contributed by atoms with Crippen LogP contribution in [0.4, 0.5) is 0 Å². The first-order valence-corrected chi connectivity index (χ1v) is 5.37. The SMILES string of the molecule is Cc1ccc(C)cc1.Cc1cccc(O)c1. The van der Waals surface area contributed by atoms with Crippen molar-refractivity contribution < 1.29 is 5.11 Å². The van der Waals surface area contributed by atoms with Gasteiger partial charge in [0.15, 0.2) is 0 Å². The molecule has 1 nitrogen and oxygen atoms in total. The first-order chi connectivity index (χ1) is 7.58. The monoisotopic (exact) mass is 214 g/mol. The molecule has 0 unspecified atom stereocenters. The van der Waals surface area contributed by atoms with Gasteiger partial charge < -0.3 is 5.11 Å². The van der Waals surface area contributed by atoms with Crippen molar-refractivity contribution in [3.8, 4) is 5.75 Å². The molecule has 2 aromatic carbocycles. The van der Waals surface area contributed by atoms with Gasteiger partial charge in [-0.3, -0.25) is 0 Å². The zero-order valence-corrected chi connectivity index (χ0v) is 10.1. The highest BCUT2D eigenvalue weighted by atomic mass is 16.3. The second-order valence-corrected chi connectivity index (χ2v) is 3.99. The number of aryl methyl sites for hydroxylation is 3. The van der Waals surface area contributed by atoms with Gasteiger partial charge in [0, 0.05) is 0 Å². The summed E-state index contributed by atoms with van der Waals surface area (Å²) in [4.78, 5) is 0. The van der Waals surface area contributed by atoms with E-state index >= 15 is 0 Å². The van der Waals surface area contributed by atoms with Gasteiger partial charge in [0.1, 0.15) is 5.75 Å². The third-order valence-electron chi connectivity index (χ3n) is 2.22. The predicted octanol–water partition coefficient (Wildman–Crippen LogP) is 4.00. The van der Waals surface area contributed by atoms with Crippen LogP contribution in [-0.4, -0.2) is 5.11 Å². The molecule has 0 aromatic heterocycles. The maximum absolute atomic E-state index is 8.81. The Morgan fingerprint density at radius 2 is 1.19 bits per heavy atom. The Morgan fingerprint density at radius 3 is 1.50 bits per heavy atom. The molecule has 84 valence electrons. The molecule has 0 heterocycles. The minimum atomic E-state index is 0.338. The zero-order valence-electron chi connectivity index (χ0n) is 10.1. The standard InChI is InChI=1S/C8H10.C7H8O/c1-7-3-5-8(2)6-4-7;1-6-3-2-4-7(8)5-6/h3-6H,1-2H3;2-5,8H,1H3. The van der Waals surface area contributed by atoms with Crippen LogP contribution in [0, 0.1) is 20.8 Å². The minimum absolute atomic E-state index is 0.338. The van der Waals surface area contributed by atoms with Crippen molar-refractivity contribution >= 4 is 0 Å². The third kappa shape index (κ3) is 4.65. The predicted molar refractivity (Wildman–Crippen MR) is 68.8 cm³/mol. The van der Waals surface area contributed by atoms with E-state index in [1.165, 1.54) is 11.1 Å². The van der Waals surface area contributed by atoms with Crippen LogP contribution >= 0.6 is 0 Å². The van der Waals surface area contributed by atoms with Gasteiger partial charge in [0.05, 0.1) is 0 Å². The summed E-state index contributed by atoms with van der Waals surface area (Å²) < 4.78 is 0.